The second-order valence-corrected chi connectivity index (χ2v) is 7.15. The van der Waals surface area contributed by atoms with Crippen LogP contribution in [0.25, 0.3) is 16.8 Å². The zero-order chi connectivity index (χ0) is 18.6. The number of anilines is 2. The summed E-state index contributed by atoms with van der Waals surface area (Å²) in [4.78, 5) is 20.1. The molecule has 0 radical (unpaired) electrons. The first kappa shape index (κ1) is 17.6. The van der Waals surface area contributed by atoms with E-state index < -0.39 is 0 Å². The highest BCUT2D eigenvalue weighted by atomic mass is 32.1. The van der Waals surface area contributed by atoms with E-state index >= 15 is 0 Å². The van der Waals surface area contributed by atoms with Crippen LogP contribution in [0.15, 0.2) is 47.9 Å². The van der Waals surface area contributed by atoms with Crippen LogP contribution < -0.4 is 10.2 Å². The summed E-state index contributed by atoms with van der Waals surface area (Å²) in [7, 11) is 0. The summed E-state index contributed by atoms with van der Waals surface area (Å²) in [6.45, 7) is 3.68. The van der Waals surface area contributed by atoms with Crippen molar-refractivity contribution < 1.29 is 5.11 Å². The molecule has 4 rings (SSSR count). The van der Waals surface area contributed by atoms with Crippen LogP contribution in [0.2, 0.25) is 0 Å². The molecule has 7 nitrogen and oxygen atoms in total. The van der Waals surface area contributed by atoms with E-state index in [4.69, 9.17) is 10.1 Å². The van der Waals surface area contributed by atoms with E-state index in [9.17, 15) is 0 Å². The van der Waals surface area contributed by atoms with Crippen LogP contribution in [0.1, 0.15) is 19.0 Å². The number of aliphatic hydroxyl groups excluding tert-OH is 1. The molecule has 0 saturated carbocycles. The third-order valence-corrected chi connectivity index (χ3v) is 5.46. The van der Waals surface area contributed by atoms with Crippen molar-refractivity contribution in [3.05, 3.63) is 53.6 Å². The number of nitrogens with one attached hydrogen (secondary N) is 1. The Kier molecular flexibility index (Phi) is 5.08. The lowest BCUT2D eigenvalue weighted by Crippen LogP contribution is -2.31. The van der Waals surface area contributed by atoms with Crippen LogP contribution in [0.3, 0.4) is 0 Å². The largest absolute Gasteiger partial charge is 0.377 e. The molecule has 2 N–H and O–H groups in total. The van der Waals surface area contributed by atoms with E-state index in [0.717, 1.165) is 41.6 Å². The van der Waals surface area contributed by atoms with Gasteiger partial charge in [-0.25, -0.2) is 9.97 Å². The van der Waals surface area contributed by atoms with E-state index in [-0.39, 0.29) is 6.73 Å². The van der Waals surface area contributed by atoms with Crippen molar-refractivity contribution in [3.63, 3.8) is 0 Å². The van der Waals surface area contributed by atoms with Crippen LogP contribution in [0, 0.1) is 0 Å². The van der Waals surface area contributed by atoms with Crippen molar-refractivity contribution in [2.45, 2.75) is 13.3 Å². The van der Waals surface area contributed by atoms with Gasteiger partial charge in [-0.3, -0.25) is 9.97 Å². The molecular weight excluding hydrogens is 360 g/mol. The summed E-state index contributed by atoms with van der Waals surface area (Å²) in [5.41, 5.74) is 5.36. The quantitative estimate of drug-likeness (QED) is 0.658. The Bertz CT molecular complexity index is 938. The van der Waals surface area contributed by atoms with Gasteiger partial charge in [0.25, 0.3) is 0 Å². The number of pyridine rings is 1. The van der Waals surface area contributed by atoms with Crippen molar-refractivity contribution in [1.82, 2.24) is 19.9 Å². The Morgan fingerprint density at radius 3 is 2.89 bits per heavy atom. The Balaban J connectivity index is 1.54. The Hall–Kier alpha value is -2.84. The van der Waals surface area contributed by atoms with Gasteiger partial charge in [0.15, 0.2) is 5.13 Å². The van der Waals surface area contributed by atoms with Gasteiger partial charge in [0, 0.05) is 36.4 Å². The van der Waals surface area contributed by atoms with Crippen molar-refractivity contribution in [1.29, 1.82) is 0 Å². The van der Waals surface area contributed by atoms with Gasteiger partial charge in [-0.05, 0) is 31.1 Å². The fourth-order valence-electron chi connectivity index (χ4n) is 3.03. The number of aromatic nitrogens is 4. The summed E-state index contributed by atoms with van der Waals surface area (Å²) >= 11 is 1.65. The molecule has 0 bridgehead atoms. The maximum Gasteiger partial charge on any atom is 0.186 e. The molecule has 0 amide bonds. The number of hydrogen-bond acceptors (Lipinski definition) is 8. The van der Waals surface area contributed by atoms with E-state index in [2.05, 4.69) is 37.5 Å². The zero-order valence-electron chi connectivity index (χ0n) is 15.0. The minimum absolute atomic E-state index is 0.160. The monoisotopic (exact) mass is 380 g/mol. The van der Waals surface area contributed by atoms with Crippen molar-refractivity contribution in [2.24, 2.45) is 0 Å². The SMILES string of the molecule is CC1=C(c2cnc(NCO)cn2)CN(c2nc(-c3cccnc3)cs2)CC1. The topological polar surface area (TPSA) is 87.1 Å². The number of thiazole rings is 1. The third-order valence-electron chi connectivity index (χ3n) is 4.56. The van der Waals surface area contributed by atoms with E-state index in [1.165, 1.54) is 11.1 Å². The number of nitrogens with zero attached hydrogens (tertiary/aromatic N) is 5. The average Bonchev–Trinajstić information content (AvgIpc) is 3.20. The molecule has 1 aliphatic rings. The van der Waals surface area contributed by atoms with Crippen LogP contribution in [0.5, 0.6) is 0 Å². The highest BCUT2D eigenvalue weighted by Crippen LogP contribution is 2.32. The molecule has 0 saturated heterocycles. The first-order valence-electron chi connectivity index (χ1n) is 8.71. The predicted molar refractivity (Wildman–Crippen MR) is 108 cm³/mol. The van der Waals surface area contributed by atoms with E-state index in [0.29, 0.717) is 5.82 Å². The van der Waals surface area contributed by atoms with Crippen LogP contribution in [-0.2, 0) is 0 Å². The summed E-state index contributed by atoms with van der Waals surface area (Å²) in [5.74, 6) is 0.563. The molecular formula is C19H20N6OS. The molecule has 4 heterocycles. The third kappa shape index (κ3) is 3.81. The smallest absolute Gasteiger partial charge is 0.186 e. The summed E-state index contributed by atoms with van der Waals surface area (Å²) in [6, 6.07) is 3.95. The summed E-state index contributed by atoms with van der Waals surface area (Å²) in [6.07, 6.45) is 7.97. The first-order chi connectivity index (χ1) is 13.2. The molecule has 3 aromatic heterocycles. The zero-order valence-corrected chi connectivity index (χ0v) is 15.8. The second-order valence-electron chi connectivity index (χ2n) is 6.31. The molecule has 8 heteroatoms. The molecule has 0 fully saturated rings. The van der Waals surface area contributed by atoms with Crippen molar-refractivity contribution >= 4 is 27.9 Å². The maximum absolute atomic E-state index is 8.92. The lowest BCUT2D eigenvalue weighted by Gasteiger charge is -2.29. The Morgan fingerprint density at radius 1 is 1.22 bits per heavy atom. The lowest BCUT2D eigenvalue weighted by atomic mass is 9.99. The van der Waals surface area contributed by atoms with Gasteiger partial charge in [0.05, 0.1) is 23.8 Å². The number of hydrogen-bond donors (Lipinski definition) is 2. The molecule has 0 aromatic carbocycles. The van der Waals surface area contributed by atoms with Crippen LogP contribution in [0.4, 0.5) is 10.9 Å². The number of aliphatic hydroxyl groups is 1. The van der Waals surface area contributed by atoms with Gasteiger partial charge in [0.1, 0.15) is 12.5 Å². The Morgan fingerprint density at radius 2 is 2.15 bits per heavy atom. The normalized spacial score (nSPS) is 14.5. The standard InChI is InChI=1S/C19H20N6OS/c1-13-4-6-25(10-15(13)16-8-22-18(9-21-16)23-12-26)19-24-17(11-27-19)14-3-2-5-20-7-14/h2-3,5,7-9,11,26H,4,6,10,12H2,1H3,(H,22,23). The van der Waals surface area contributed by atoms with Crippen LogP contribution in [-0.4, -0.2) is 44.9 Å². The average molecular weight is 380 g/mol. The predicted octanol–water partition coefficient (Wildman–Crippen LogP) is 3.04. The van der Waals surface area contributed by atoms with Gasteiger partial charge in [-0.2, -0.15) is 0 Å². The fourth-order valence-corrected chi connectivity index (χ4v) is 3.90. The van der Waals surface area contributed by atoms with Crippen LogP contribution >= 0.6 is 11.3 Å². The molecule has 27 heavy (non-hydrogen) atoms. The number of rotatable bonds is 5. The molecule has 1 aliphatic heterocycles. The lowest BCUT2D eigenvalue weighted by molar-refractivity contribution is 0.325. The minimum atomic E-state index is -0.160. The van der Waals surface area contributed by atoms with Crippen molar-refractivity contribution in [2.75, 3.05) is 30.0 Å². The second kappa shape index (κ2) is 7.81. The molecule has 0 atom stereocenters. The van der Waals surface area contributed by atoms with Gasteiger partial charge < -0.3 is 15.3 Å². The molecule has 0 unspecified atom stereocenters. The van der Waals surface area contributed by atoms with Gasteiger partial charge >= 0.3 is 0 Å². The highest BCUT2D eigenvalue weighted by molar-refractivity contribution is 7.14. The van der Waals surface area contributed by atoms with Crippen molar-refractivity contribution in [3.8, 4) is 11.3 Å². The molecule has 3 aromatic rings. The summed E-state index contributed by atoms with van der Waals surface area (Å²) in [5, 5.41) is 14.7. The van der Waals surface area contributed by atoms with Gasteiger partial charge in [-0.15, -0.1) is 11.3 Å². The molecule has 0 aliphatic carbocycles. The maximum atomic E-state index is 8.92. The summed E-state index contributed by atoms with van der Waals surface area (Å²) < 4.78 is 0. The molecule has 0 spiro atoms. The minimum Gasteiger partial charge on any atom is -0.377 e. The van der Waals surface area contributed by atoms with E-state index in [1.807, 2.05) is 18.3 Å². The van der Waals surface area contributed by atoms with Gasteiger partial charge in [-0.1, -0.05) is 5.57 Å². The first-order valence-corrected chi connectivity index (χ1v) is 9.59. The van der Waals surface area contributed by atoms with E-state index in [1.54, 1.807) is 29.9 Å². The highest BCUT2D eigenvalue weighted by Gasteiger charge is 2.21. The Labute approximate surface area is 161 Å². The fraction of sp³-hybridized carbons (Fsp3) is 0.263. The molecule has 138 valence electrons. The van der Waals surface area contributed by atoms with Gasteiger partial charge in [0.2, 0.25) is 0 Å².